The standard InChI is InChI=1S/C22H43NO2/c1-3-4-5-6-7-8-9-10-11-12-13-14-15-16-17-18-21-23-22(2,19-24)20-25-21/h24H,3-20H2,1-2H3. The van der Waals surface area contributed by atoms with Crippen LogP contribution in [0.3, 0.4) is 0 Å². The quantitative estimate of drug-likeness (QED) is 0.306. The lowest BCUT2D eigenvalue weighted by Crippen LogP contribution is -2.28. The Morgan fingerprint density at radius 2 is 1.24 bits per heavy atom. The molecule has 3 nitrogen and oxygen atoms in total. The van der Waals surface area contributed by atoms with Gasteiger partial charge in [-0.25, -0.2) is 4.99 Å². The van der Waals surface area contributed by atoms with Gasteiger partial charge in [-0.2, -0.15) is 0 Å². The summed E-state index contributed by atoms with van der Waals surface area (Å²) in [6, 6.07) is 0. The van der Waals surface area contributed by atoms with E-state index in [1.165, 1.54) is 96.3 Å². The van der Waals surface area contributed by atoms with Gasteiger partial charge >= 0.3 is 0 Å². The van der Waals surface area contributed by atoms with Crippen molar-refractivity contribution in [2.45, 2.75) is 122 Å². The van der Waals surface area contributed by atoms with Gasteiger partial charge < -0.3 is 9.84 Å². The first-order valence-corrected chi connectivity index (χ1v) is 11.0. The molecule has 0 saturated heterocycles. The Kier molecular flexibility index (Phi) is 13.1. The Morgan fingerprint density at radius 3 is 1.64 bits per heavy atom. The molecule has 0 aromatic heterocycles. The van der Waals surface area contributed by atoms with Gasteiger partial charge in [0.1, 0.15) is 12.1 Å². The molecular formula is C22H43NO2. The Bertz CT molecular complexity index is 343. The molecule has 1 atom stereocenters. The molecule has 0 radical (unpaired) electrons. The third-order valence-electron chi connectivity index (χ3n) is 5.28. The van der Waals surface area contributed by atoms with Crippen molar-refractivity contribution in [2.24, 2.45) is 4.99 Å². The van der Waals surface area contributed by atoms with E-state index in [2.05, 4.69) is 11.9 Å². The highest BCUT2D eigenvalue weighted by Gasteiger charge is 2.30. The molecule has 0 amide bonds. The molecule has 1 unspecified atom stereocenters. The number of unbranched alkanes of at least 4 members (excludes halogenated alkanes) is 14. The Balaban J connectivity index is 1.77. The van der Waals surface area contributed by atoms with E-state index in [0.717, 1.165) is 12.3 Å². The third-order valence-corrected chi connectivity index (χ3v) is 5.28. The number of nitrogens with zero attached hydrogens (tertiary/aromatic N) is 1. The summed E-state index contributed by atoms with van der Waals surface area (Å²) in [7, 11) is 0. The molecule has 1 aliphatic heterocycles. The molecule has 0 saturated carbocycles. The zero-order valence-corrected chi connectivity index (χ0v) is 17.0. The van der Waals surface area contributed by atoms with Crippen LogP contribution in [0.4, 0.5) is 0 Å². The average Bonchev–Trinajstić information content (AvgIpc) is 3.00. The fourth-order valence-electron chi connectivity index (χ4n) is 3.46. The van der Waals surface area contributed by atoms with Crippen LogP contribution >= 0.6 is 0 Å². The van der Waals surface area contributed by atoms with Crippen LogP contribution in [-0.2, 0) is 4.74 Å². The minimum absolute atomic E-state index is 0.0787. The minimum atomic E-state index is -0.384. The van der Waals surface area contributed by atoms with Crippen molar-refractivity contribution in [1.82, 2.24) is 0 Å². The predicted octanol–water partition coefficient (Wildman–Crippen LogP) is 6.43. The van der Waals surface area contributed by atoms with E-state index >= 15 is 0 Å². The predicted molar refractivity (Wildman–Crippen MR) is 108 cm³/mol. The first-order chi connectivity index (χ1) is 12.2. The van der Waals surface area contributed by atoms with Gasteiger partial charge in [-0.3, -0.25) is 0 Å². The smallest absolute Gasteiger partial charge is 0.184 e. The van der Waals surface area contributed by atoms with Crippen LogP contribution in [0.2, 0.25) is 0 Å². The topological polar surface area (TPSA) is 41.8 Å². The number of aliphatic hydroxyl groups is 1. The zero-order chi connectivity index (χ0) is 18.2. The summed E-state index contributed by atoms with van der Waals surface area (Å²) in [6.45, 7) is 4.85. The average molecular weight is 354 g/mol. The molecule has 25 heavy (non-hydrogen) atoms. The van der Waals surface area contributed by atoms with Gasteiger partial charge in [0.15, 0.2) is 5.90 Å². The number of hydrogen-bond donors (Lipinski definition) is 1. The van der Waals surface area contributed by atoms with Crippen molar-refractivity contribution in [3.63, 3.8) is 0 Å². The fraction of sp³-hybridized carbons (Fsp3) is 0.955. The molecule has 0 aliphatic carbocycles. The zero-order valence-electron chi connectivity index (χ0n) is 17.0. The lowest BCUT2D eigenvalue weighted by molar-refractivity contribution is 0.169. The maximum absolute atomic E-state index is 9.26. The second-order valence-corrected chi connectivity index (χ2v) is 8.15. The molecule has 1 heterocycles. The molecule has 3 heteroatoms. The van der Waals surface area contributed by atoms with Crippen LogP contribution in [0.15, 0.2) is 4.99 Å². The number of ether oxygens (including phenoxy) is 1. The van der Waals surface area contributed by atoms with Crippen LogP contribution in [0.5, 0.6) is 0 Å². The molecule has 0 aromatic carbocycles. The van der Waals surface area contributed by atoms with E-state index in [-0.39, 0.29) is 12.1 Å². The normalized spacial score (nSPS) is 19.9. The Labute approximate surface area is 156 Å². The second kappa shape index (κ2) is 14.6. The molecule has 1 N–H and O–H groups in total. The first-order valence-electron chi connectivity index (χ1n) is 11.0. The Hall–Kier alpha value is -0.570. The second-order valence-electron chi connectivity index (χ2n) is 8.15. The highest BCUT2D eigenvalue weighted by molar-refractivity contribution is 5.78. The summed E-state index contributed by atoms with van der Waals surface area (Å²) in [6.07, 6.45) is 21.8. The van der Waals surface area contributed by atoms with Gasteiger partial charge in [0.25, 0.3) is 0 Å². The number of aliphatic imine (C=N–C) groups is 1. The van der Waals surface area contributed by atoms with Crippen LogP contribution < -0.4 is 0 Å². The van der Waals surface area contributed by atoms with Crippen LogP contribution in [-0.4, -0.2) is 29.8 Å². The first kappa shape index (κ1) is 22.5. The van der Waals surface area contributed by atoms with Gasteiger partial charge in [-0.05, 0) is 13.3 Å². The molecule has 1 aliphatic rings. The Morgan fingerprint density at radius 1 is 0.800 bits per heavy atom. The summed E-state index contributed by atoms with van der Waals surface area (Å²) in [5, 5.41) is 9.26. The molecular weight excluding hydrogens is 310 g/mol. The van der Waals surface area contributed by atoms with E-state index in [1.807, 2.05) is 6.92 Å². The number of hydrogen-bond acceptors (Lipinski definition) is 3. The lowest BCUT2D eigenvalue weighted by atomic mass is 10.0. The summed E-state index contributed by atoms with van der Waals surface area (Å²) in [5.74, 6) is 0.853. The SMILES string of the molecule is CCCCCCCCCCCCCCCCCC1=NC(C)(CO)CO1. The molecule has 0 spiro atoms. The summed E-state index contributed by atoms with van der Waals surface area (Å²) in [5.41, 5.74) is -0.384. The summed E-state index contributed by atoms with van der Waals surface area (Å²) < 4.78 is 5.57. The van der Waals surface area contributed by atoms with Crippen LogP contribution in [0.25, 0.3) is 0 Å². The summed E-state index contributed by atoms with van der Waals surface area (Å²) in [4.78, 5) is 4.49. The highest BCUT2D eigenvalue weighted by atomic mass is 16.5. The monoisotopic (exact) mass is 353 g/mol. The van der Waals surface area contributed by atoms with Gasteiger partial charge in [0, 0.05) is 6.42 Å². The van der Waals surface area contributed by atoms with E-state index in [4.69, 9.17) is 4.74 Å². The van der Waals surface area contributed by atoms with Crippen molar-refractivity contribution in [3.05, 3.63) is 0 Å². The van der Waals surface area contributed by atoms with Crippen molar-refractivity contribution in [2.75, 3.05) is 13.2 Å². The van der Waals surface area contributed by atoms with E-state index in [9.17, 15) is 5.11 Å². The molecule has 0 bridgehead atoms. The molecule has 0 fully saturated rings. The largest absolute Gasteiger partial charge is 0.478 e. The molecule has 0 aromatic rings. The number of aliphatic hydroxyl groups excluding tert-OH is 1. The fourth-order valence-corrected chi connectivity index (χ4v) is 3.46. The van der Waals surface area contributed by atoms with Crippen molar-refractivity contribution in [3.8, 4) is 0 Å². The van der Waals surface area contributed by atoms with Crippen LogP contribution in [0.1, 0.15) is 117 Å². The summed E-state index contributed by atoms with van der Waals surface area (Å²) >= 11 is 0. The maximum Gasteiger partial charge on any atom is 0.184 e. The van der Waals surface area contributed by atoms with E-state index in [0.29, 0.717) is 6.61 Å². The molecule has 148 valence electrons. The minimum Gasteiger partial charge on any atom is -0.478 e. The van der Waals surface area contributed by atoms with Crippen LogP contribution in [0, 0.1) is 0 Å². The van der Waals surface area contributed by atoms with Crippen molar-refractivity contribution < 1.29 is 9.84 Å². The third kappa shape index (κ3) is 11.6. The molecule has 1 rings (SSSR count). The lowest BCUT2D eigenvalue weighted by Gasteiger charge is -2.12. The van der Waals surface area contributed by atoms with Gasteiger partial charge in [-0.1, -0.05) is 96.8 Å². The van der Waals surface area contributed by atoms with Crippen molar-refractivity contribution in [1.29, 1.82) is 0 Å². The number of rotatable bonds is 17. The van der Waals surface area contributed by atoms with E-state index in [1.54, 1.807) is 0 Å². The van der Waals surface area contributed by atoms with Crippen molar-refractivity contribution >= 4 is 5.90 Å². The van der Waals surface area contributed by atoms with E-state index < -0.39 is 0 Å². The van der Waals surface area contributed by atoms with Gasteiger partial charge in [-0.15, -0.1) is 0 Å². The van der Waals surface area contributed by atoms with Gasteiger partial charge in [0.05, 0.1) is 6.61 Å². The maximum atomic E-state index is 9.26. The van der Waals surface area contributed by atoms with Gasteiger partial charge in [0.2, 0.25) is 0 Å². The highest BCUT2D eigenvalue weighted by Crippen LogP contribution is 2.20.